The SMILES string of the molecule is Cc1cc(Cl)ccc1OCC(=O)Nc1cc(-c2nc3ccccc3o2)ccc1Cl. The maximum Gasteiger partial charge on any atom is 0.262 e. The number of aryl methyl sites for hydroxylation is 1. The lowest BCUT2D eigenvalue weighted by atomic mass is 10.2. The Bertz CT molecular complexity index is 1170. The molecule has 1 aromatic heterocycles. The molecule has 0 aliphatic rings. The zero-order chi connectivity index (χ0) is 20.4. The van der Waals surface area contributed by atoms with E-state index in [0.717, 1.165) is 11.1 Å². The molecule has 3 aromatic carbocycles. The number of nitrogens with one attached hydrogen (secondary N) is 1. The fourth-order valence-electron chi connectivity index (χ4n) is 2.85. The molecule has 0 aliphatic heterocycles. The van der Waals surface area contributed by atoms with Gasteiger partial charge in [-0.15, -0.1) is 0 Å². The number of carbonyl (C=O) groups is 1. The van der Waals surface area contributed by atoms with Crippen LogP contribution in [-0.2, 0) is 4.79 Å². The number of rotatable bonds is 5. The Morgan fingerprint density at radius 3 is 2.72 bits per heavy atom. The van der Waals surface area contributed by atoms with Gasteiger partial charge in [-0.1, -0.05) is 35.3 Å². The third-order valence-corrected chi connectivity index (χ3v) is 4.84. The van der Waals surface area contributed by atoms with Gasteiger partial charge in [-0.25, -0.2) is 4.98 Å². The molecule has 0 aliphatic carbocycles. The van der Waals surface area contributed by atoms with Crippen molar-refractivity contribution >= 4 is 45.9 Å². The first-order chi connectivity index (χ1) is 14.0. The predicted molar refractivity (Wildman–Crippen MR) is 115 cm³/mol. The highest BCUT2D eigenvalue weighted by atomic mass is 35.5. The molecular weight excluding hydrogens is 411 g/mol. The van der Waals surface area contributed by atoms with Gasteiger partial charge in [0.25, 0.3) is 5.91 Å². The molecule has 5 nitrogen and oxygen atoms in total. The Morgan fingerprint density at radius 1 is 1.10 bits per heavy atom. The molecule has 0 fully saturated rings. The molecule has 146 valence electrons. The van der Waals surface area contributed by atoms with Gasteiger partial charge in [0.15, 0.2) is 12.2 Å². The van der Waals surface area contributed by atoms with Crippen LogP contribution in [0.4, 0.5) is 5.69 Å². The van der Waals surface area contributed by atoms with Crippen LogP contribution in [-0.4, -0.2) is 17.5 Å². The molecule has 7 heteroatoms. The van der Waals surface area contributed by atoms with Crippen molar-refractivity contribution in [1.29, 1.82) is 0 Å². The number of nitrogens with zero attached hydrogens (tertiary/aromatic N) is 1. The van der Waals surface area contributed by atoms with Gasteiger partial charge in [-0.3, -0.25) is 4.79 Å². The van der Waals surface area contributed by atoms with Gasteiger partial charge in [0.05, 0.1) is 10.7 Å². The van der Waals surface area contributed by atoms with E-state index in [4.69, 9.17) is 32.4 Å². The third kappa shape index (κ3) is 4.36. The number of aromatic nitrogens is 1. The van der Waals surface area contributed by atoms with Crippen LogP contribution in [0, 0.1) is 6.92 Å². The van der Waals surface area contributed by atoms with Gasteiger partial charge >= 0.3 is 0 Å². The molecule has 4 aromatic rings. The number of halogens is 2. The molecule has 0 atom stereocenters. The van der Waals surface area contributed by atoms with Gasteiger partial charge in [-0.05, 0) is 61.0 Å². The van der Waals surface area contributed by atoms with Gasteiger partial charge in [0.1, 0.15) is 11.3 Å². The van der Waals surface area contributed by atoms with Crippen LogP contribution < -0.4 is 10.1 Å². The van der Waals surface area contributed by atoms with E-state index < -0.39 is 0 Å². The van der Waals surface area contributed by atoms with Crippen LogP contribution in [0.25, 0.3) is 22.6 Å². The fourth-order valence-corrected chi connectivity index (χ4v) is 3.25. The number of ether oxygens (including phenoxy) is 1. The van der Waals surface area contributed by atoms with E-state index >= 15 is 0 Å². The van der Waals surface area contributed by atoms with E-state index in [9.17, 15) is 4.79 Å². The normalized spacial score (nSPS) is 10.9. The van der Waals surface area contributed by atoms with Crippen LogP contribution in [0.3, 0.4) is 0 Å². The van der Waals surface area contributed by atoms with Crippen molar-refractivity contribution in [2.45, 2.75) is 6.92 Å². The Balaban J connectivity index is 1.49. The molecule has 1 heterocycles. The molecule has 0 spiro atoms. The van der Waals surface area contributed by atoms with Gasteiger partial charge < -0.3 is 14.5 Å². The number of amides is 1. The minimum absolute atomic E-state index is 0.161. The summed E-state index contributed by atoms with van der Waals surface area (Å²) in [5.41, 5.74) is 3.45. The Hall–Kier alpha value is -3.02. The first-order valence-corrected chi connectivity index (χ1v) is 9.59. The van der Waals surface area contributed by atoms with E-state index in [0.29, 0.717) is 38.5 Å². The standard InChI is InChI=1S/C22H16Cl2N2O3/c1-13-10-15(23)7-9-19(13)28-12-21(27)25-18-11-14(6-8-16(18)24)22-26-17-4-2-3-5-20(17)29-22/h2-11H,12H2,1H3,(H,25,27). The topological polar surface area (TPSA) is 64.4 Å². The number of carbonyl (C=O) groups excluding carboxylic acids is 1. The first-order valence-electron chi connectivity index (χ1n) is 8.84. The minimum atomic E-state index is -0.337. The number of benzene rings is 3. The number of para-hydroxylation sites is 2. The predicted octanol–water partition coefficient (Wildman–Crippen LogP) is 6.13. The quantitative estimate of drug-likeness (QED) is 0.416. The Labute approximate surface area is 177 Å². The highest BCUT2D eigenvalue weighted by molar-refractivity contribution is 6.33. The fraction of sp³-hybridized carbons (Fsp3) is 0.0909. The Morgan fingerprint density at radius 2 is 1.93 bits per heavy atom. The highest BCUT2D eigenvalue weighted by Crippen LogP contribution is 2.30. The monoisotopic (exact) mass is 426 g/mol. The van der Waals surface area contributed by atoms with Crippen molar-refractivity contribution < 1.29 is 13.9 Å². The smallest absolute Gasteiger partial charge is 0.262 e. The van der Waals surface area contributed by atoms with Crippen molar-refractivity contribution in [3.05, 3.63) is 76.3 Å². The lowest BCUT2D eigenvalue weighted by Gasteiger charge is -2.11. The number of anilines is 1. The summed E-state index contributed by atoms with van der Waals surface area (Å²) in [6.45, 7) is 1.70. The van der Waals surface area contributed by atoms with E-state index in [1.807, 2.05) is 31.2 Å². The molecule has 0 radical (unpaired) electrons. The summed E-state index contributed by atoms with van der Waals surface area (Å²) >= 11 is 12.2. The maximum absolute atomic E-state index is 12.3. The van der Waals surface area contributed by atoms with Gasteiger partial charge in [0, 0.05) is 10.6 Å². The third-order valence-electron chi connectivity index (χ3n) is 4.28. The molecule has 0 saturated heterocycles. The second-order valence-corrected chi connectivity index (χ2v) is 7.27. The van der Waals surface area contributed by atoms with Crippen LogP contribution in [0.2, 0.25) is 10.0 Å². The van der Waals surface area contributed by atoms with E-state index in [2.05, 4.69) is 10.3 Å². The number of fused-ring (bicyclic) bond motifs is 1. The van der Waals surface area contributed by atoms with Crippen molar-refractivity contribution in [3.8, 4) is 17.2 Å². The van der Waals surface area contributed by atoms with E-state index in [1.54, 1.807) is 36.4 Å². The van der Waals surface area contributed by atoms with Crippen molar-refractivity contribution in [3.63, 3.8) is 0 Å². The van der Waals surface area contributed by atoms with Crippen molar-refractivity contribution in [1.82, 2.24) is 4.98 Å². The van der Waals surface area contributed by atoms with Crippen molar-refractivity contribution in [2.75, 3.05) is 11.9 Å². The highest BCUT2D eigenvalue weighted by Gasteiger charge is 2.13. The summed E-state index contributed by atoms with van der Waals surface area (Å²) in [5.74, 6) is 0.707. The van der Waals surface area contributed by atoms with Gasteiger partial charge in [0.2, 0.25) is 5.89 Å². The average Bonchev–Trinajstić information content (AvgIpc) is 3.13. The molecule has 1 N–H and O–H groups in total. The number of hydrogen-bond acceptors (Lipinski definition) is 4. The average molecular weight is 427 g/mol. The minimum Gasteiger partial charge on any atom is -0.483 e. The molecule has 0 unspecified atom stereocenters. The molecule has 1 amide bonds. The summed E-state index contributed by atoms with van der Waals surface area (Å²) < 4.78 is 11.4. The zero-order valence-electron chi connectivity index (χ0n) is 15.4. The zero-order valence-corrected chi connectivity index (χ0v) is 16.9. The largest absolute Gasteiger partial charge is 0.483 e. The summed E-state index contributed by atoms with van der Waals surface area (Å²) in [7, 11) is 0. The molecule has 29 heavy (non-hydrogen) atoms. The Kier molecular flexibility index (Phi) is 5.43. The van der Waals surface area contributed by atoms with Crippen molar-refractivity contribution in [2.24, 2.45) is 0 Å². The van der Waals surface area contributed by atoms with Gasteiger partial charge in [-0.2, -0.15) is 0 Å². The molecule has 0 saturated carbocycles. The first kappa shape index (κ1) is 19.3. The second-order valence-electron chi connectivity index (χ2n) is 6.43. The van der Waals surface area contributed by atoms with Crippen LogP contribution in [0.15, 0.2) is 65.1 Å². The van der Waals surface area contributed by atoms with Crippen LogP contribution in [0.1, 0.15) is 5.56 Å². The van der Waals surface area contributed by atoms with Crippen LogP contribution >= 0.6 is 23.2 Å². The molecular formula is C22H16Cl2N2O3. The summed E-state index contributed by atoms with van der Waals surface area (Å²) in [5, 5.41) is 3.78. The lowest BCUT2D eigenvalue weighted by Crippen LogP contribution is -2.20. The molecule has 4 rings (SSSR count). The van der Waals surface area contributed by atoms with E-state index in [1.165, 1.54) is 0 Å². The number of oxazole rings is 1. The van der Waals surface area contributed by atoms with Crippen LogP contribution in [0.5, 0.6) is 5.75 Å². The number of hydrogen-bond donors (Lipinski definition) is 1. The summed E-state index contributed by atoms with van der Waals surface area (Å²) in [6, 6.07) is 17.9. The maximum atomic E-state index is 12.3. The second kappa shape index (κ2) is 8.15. The van der Waals surface area contributed by atoms with E-state index in [-0.39, 0.29) is 12.5 Å². The lowest BCUT2D eigenvalue weighted by molar-refractivity contribution is -0.118. The molecule has 0 bridgehead atoms. The summed E-state index contributed by atoms with van der Waals surface area (Å²) in [6.07, 6.45) is 0. The summed E-state index contributed by atoms with van der Waals surface area (Å²) in [4.78, 5) is 16.8.